The number of aliphatic hydroxyl groups excluding tert-OH is 21. The number of aliphatic hydroxyl groups is 21. The van der Waals surface area contributed by atoms with Crippen molar-refractivity contribution in [3.8, 4) is 0 Å². The molecule has 7 unspecified atom stereocenters. The van der Waals surface area contributed by atoms with Crippen molar-refractivity contribution >= 4 is 0 Å². The van der Waals surface area contributed by atoms with Crippen LogP contribution >= 0.6 is 0 Å². The maximum atomic E-state index is 11.5. The van der Waals surface area contributed by atoms with Gasteiger partial charge in [-0.2, -0.15) is 0 Å². The summed E-state index contributed by atoms with van der Waals surface area (Å²) in [5.41, 5.74) is 0. The second-order valence-electron chi connectivity index (χ2n) is 20.1. The van der Waals surface area contributed by atoms with Gasteiger partial charge in [0.2, 0.25) is 0 Å². The van der Waals surface area contributed by atoms with Crippen molar-refractivity contribution in [2.24, 2.45) is 5.92 Å². The molecule has 0 saturated carbocycles. The lowest BCUT2D eigenvalue weighted by Crippen LogP contribution is -2.68. The Morgan fingerprint density at radius 3 is 0.590 bits per heavy atom. The van der Waals surface area contributed by atoms with Gasteiger partial charge in [-0.15, -0.1) is 0 Å². The Labute approximate surface area is 440 Å². The molecule has 0 radical (unpaired) electrons. The Morgan fingerprint density at radius 1 is 0.205 bits per heavy atom. The molecule has 14 fully saturated rings. The van der Waals surface area contributed by atoms with Crippen LogP contribution in [-0.2, 0) is 66.3 Å². The van der Waals surface area contributed by atoms with Crippen LogP contribution in [0.25, 0.3) is 0 Å². The van der Waals surface area contributed by atoms with Gasteiger partial charge in [-0.3, -0.25) is 0 Å². The number of ether oxygens (including phenoxy) is 14. The van der Waals surface area contributed by atoms with Crippen molar-refractivity contribution in [3.05, 3.63) is 0 Å². The summed E-state index contributed by atoms with van der Waals surface area (Å²) in [6.45, 7) is -7.78. The molecule has 14 heterocycles. The fraction of sp³-hybridized carbons (Fsp3) is 1.00. The third-order valence-corrected chi connectivity index (χ3v) is 15.1. The van der Waals surface area contributed by atoms with Gasteiger partial charge in [0.1, 0.15) is 159 Å². The highest BCUT2D eigenvalue weighted by Gasteiger charge is 2.59. The van der Waals surface area contributed by atoms with Crippen LogP contribution in [0.15, 0.2) is 0 Å². The normalized spacial score (nSPS) is 55.0. The van der Waals surface area contributed by atoms with Crippen molar-refractivity contribution in [2.75, 3.05) is 52.9 Å². The van der Waals surface area contributed by atoms with Gasteiger partial charge >= 0.3 is 0 Å². The predicted molar refractivity (Wildman–Crippen MR) is 233 cm³/mol. The Balaban J connectivity index is 1.08. The van der Waals surface area contributed by atoms with E-state index < -0.39 is 268 Å². The maximum Gasteiger partial charge on any atom is 0.187 e. The summed E-state index contributed by atoms with van der Waals surface area (Å²) in [6, 6.07) is 0. The maximum absolute atomic E-state index is 11.5. The molecule has 35 heteroatoms. The Kier molecular flexibility index (Phi) is 21.4. The summed E-state index contributed by atoms with van der Waals surface area (Å²) in [5.74, 6) is -1.33. The number of fused-ring (bicyclic) bond motifs is 6. The number of hydrogen-bond donors (Lipinski definition) is 21. The van der Waals surface area contributed by atoms with E-state index in [9.17, 15) is 107 Å². The molecule has 0 aliphatic carbocycles. The molecular weight excluding hydrogens is 1080 g/mol. The van der Waals surface area contributed by atoms with Gasteiger partial charge in [0.15, 0.2) is 44.0 Å². The number of hydrogen-bond acceptors (Lipinski definition) is 35. The third kappa shape index (κ3) is 12.3. The molecule has 35 nitrogen and oxygen atoms in total. The van der Waals surface area contributed by atoms with Crippen LogP contribution in [0.2, 0.25) is 0 Å². The molecule has 454 valence electrons. The van der Waals surface area contributed by atoms with Crippen LogP contribution in [0.3, 0.4) is 0 Å². The summed E-state index contributed by atoms with van der Waals surface area (Å²) in [4.78, 5) is 0. The van der Waals surface area contributed by atoms with Crippen LogP contribution in [0, 0.1) is 5.92 Å². The molecular formula is C43H72O35. The Bertz CT molecular complexity index is 1840. The van der Waals surface area contributed by atoms with Crippen LogP contribution in [0.5, 0.6) is 0 Å². The van der Waals surface area contributed by atoms with Crippen LogP contribution < -0.4 is 0 Å². The van der Waals surface area contributed by atoms with Crippen molar-refractivity contribution in [1.29, 1.82) is 0 Å². The smallest absolute Gasteiger partial charge is 0.187 e. The van der Waals surface area contributed by atoms with Gasteiger partial charge in [-0.25, -0.2) is 0 Å². The van der Waals surface area contributed by atoms with E-state index in [4.69, 9.17) is 66.3 Å². The third-order valence-electron chi connectivity index (χ3n) is 15.1. The molecule has 14 rings (SSSR count). The average Bonchev–Trinajstić information content (AvgIpc) is 3.67. The zero-order valence-electron chi connectivity index (χ0n) is 41.0. The summed E-state index contributed by atoms with van der Waals surface area (Å²) in [7, 11) is 0. The molecule has 35 atom stereocenters. The van der Waals surface area contributed by atoms with E-state index in [0.29, 0.717) is 0 Å². The molecule has 21 N–H and O–H groups in total. The minimum absolute atomic E-state index is 0.648. The molecule has 0 spiro atoms. The first-order valence-electron chi connectivity index (χ1n) is 25.1. The lowest BCUT2D eigenvalue weighted by molar-refractivity contribution is -0.397. The fourth-order valence-electron chi connectivity index (χ4n) is 10.6. The van der Waals surface area contributed by atoms with Gasteiger partial charge < -0.3 is 174 Å². The highest BCUT2D eigenvalue weighted by molar-refractivity contribution is 5.01. The zero-order chi connectivity index (χ0) is 56.8. The highest BCUT2D eigenvalue weighted by atomic mass is 16.8. The molecule has 0 aromatic heterocycles. The molecule has 0 aromatic rings. The average molecular weight is 1150 g/mol. The standard InChI is InChI=1S/C43H72O35/c44-1-9-8-65-37-23(58)16(51)30(9)72-38-24(59)18(53)32(11(3-46)66-38)74-40-26(61)20(55)34(13(5-48)68-40)76-42-28(63)22(57)36(15(7-50)70-42)78-43-29(64)21(56)35(14(6-49)71-43)77-41-27(62)19(54)33(12(4-47)69-41)75-39-25(60)17(52)31(73-37)10(2-45)67-39/h9-64H,1-8H2/t9?,10?,11?,12?,13?,14?,15?,16-,17-,18-,19-,20-,21-,22-,23-,24-,25-,26-,27-,28-,29-,30-,31-,32-,33-,34+,35+,36-,37+,38-,39+,40-,41-,42-,43+/m1/s1. The molecule has 14 aliphatic rings. The first-order chi connectivity index (χ1) is 37.2. The van der Waals surface area contributed by atoms with Crippen LogP contribution in [-0.4, -0.2) is 369 Å². The lowest BCUT2D eigenvalue weighted by atomic mass is 9.94. The predicted octanol–water partition coefficient (Wildman–Crippen LogP) is -15.0. The van der Waals surface area contributed by atoms with E-state index >= 15 is 0 Å². The van der Waals surface area contributed by atoms with Crippen molar-refractivity contribution in [1.82, 2.24) is 0 Å². The molecule has 14 bridgehead atoms. The SMILES string of the molecule is OCC1CO[C@H]2O[C@@H]3C(CO)O[C@@H](O[C@@H]4C(CO)O[C@H](O[C@H]5C(CO)O[C@@H](O[C@@H]6C(CO)O[C@H](O[C@H]7C(CO)O[C@H](O[C@@H]8C(CO)O[C@H](O[C@H]1[C@H](O)[C@H]2O)[C@H](O)[C@H]8O)[C@H](O)[C@H]7O)[C@H](O)[C@H]6O)[C@H](O)[C@H]5O)[C@H](O)[C@H]4O)[C@H](O)[C@H]3O. The van der Waals surface area contributed by atoms with E-state index in [1.165, 1.54) is 0 Å². The highest BCUT2D eigenvalue weighted by Crippen LogP contribution is 2.38. The van der Waals surface area contributed by atoms with Gasteiger partial charge in [-0.05, 0) is 0 Å². The molecule has 0 aromatic carbocycles. The summed E-state index contributed by atoms with van der Waals surface area (Å²) in [6.07, 6.45) is -68.3. The van der Waals surface area contributed by atoms with E-state index in [2.05, 4.69) is 0 Å². The second kappa shape index (κ2) is 26.7. The molecule has 78 heavy (non-hydrogen) atoms. The van der Waals surface area contributed by atoms with E-state index in [1.54, 1.807) is 0 Å². The Hall–Kier alpha value is -1.40. The van der Waals surface area contributed by atoms with Crippen molar-refractivity contribution in [2.45, 2.75) is 209 Å². The molecule has 14 saturated heterocycles. The minimum Gasteiger partial charge on any atom is -0.396 e. The van der Waals surface area contributed by atoms with Gasteiger partial charge in [0.25, 0.3) is 0 Å². The van der Waals surface area contributed by atoms with E-state index in [-0.39, 0.29) is 0 Å². The van der Waals surface area contributed by atoms with E-state index in [1.807, 2.05) is 0 Å². The first-order valence-corrected chi connectivity index (χ1v) is 25.1. The first kappa shape index (κ1) is 62.6. The monoisotopic (exact) mass is 1150 g/mol. The van der Waals surface area contributed by atoms with Crippen molar-refractivity contribution < 1.29 is 174 Å². The van der Waals surface area contributed by atoms with Crippen molar-refractivity contribution in [3.63, 3.8) is 0 Å². The topological polar surface area (TPSA) is 554 Å². The number of rotatable bonds is 7. The largest absolute Gasteiger partial charge is 0.396 e. The molecule has 14 aliphatic heterocycles. The van der Waals surface area contributed by atoms with Crippen LogP contribution in [0.4, 0.5) is 0 Å². The van der Waals surface area contributed by atoms with Gasteiger partial charge in [0, 0.05) is 5.92 Å². The minimum atomic E-state index is -2.22. The van der Waals surface area contributed by atoms with E-state index in [0.717, 1.165) is 0 Å². The second-order valence-corrected chi connectivity index (χ2v) is 20.1. The summed E-state index contributed by atoms with van der Waals surface area (Å²) >= 11 is 0. The van der Waals surface area contributed by atoms with Gasteiger partial charge in [0.05, 0.1) is 59.0 Å². The summed E-state index contributed by atoms with van der Waals surface area (Å²) < 4.78 is 79.8. The van der Waals surface area contributed by atoms with Gasteiger partial charge in [-0.1, -0.05) is 0 Å². The fourth-order valence-corrected chi connectivity index (χ4v) is 10.6. The zero-order valence-corrected chi connectivity index (χ0v) is 41.0. The lowest BCUT2D eigenvalue weighted by Gasteiger charge is -2.50. The quantitative estimate of drug-likeness (QED) is 0.113. The molecule has 0 amide bonds. The van der Waals surface area contributed by atoms with Crippen LogP contribution in [0.1, 0.15) is 0 Å². The summed E-state index contributed by atoms with van der Waals surface area (Å²) in [5, 5.41) is 231. The Morgan fingerprint density at radius 2 is 0.385 bits per heavy atom.